The Labute approximate surface area is 167 Å². The van der Waals surface area contributed by atoms with Crippen molar-refractivity contribution in [2.75, 3.05) is 12.3 Å². The minimum atomic E-state index is -0.563. The van der Waals surface area contributed by atoms with Crippen LogP contribution in [0.2, 0.25) is 0 Å². The lowest BCUT2D eigenvalue weighted by molar-refractivity contribution is -0.123. The normalized spacial score (nSPS) is 18.6. The lowest BCUT2D eigenvalue weighted by Crippen LogP contribution is -2.56. The van der Waals surface area contributed by atoms with Crippen LogP contribution in [0.4, 0.5) is 10.6 Å². The third-order valence-electron chi connectivity index (χ3n) is 5.88. The molecule has 2 aliphatic heterocycles. The molecule has 8 nitrogen and oxygen atoms in total. The molecule has 5 rings (SSSR count). The summed E-state index contributed by atoms with van der Waals surface area (Å²) in [6, 6.07) is 7.13. The molecule has 0 atom stereocenters. The fourth-order valence-corrected chi connectivity index (χ4v) is 4.37. The summed E-state index contributed by atoms with van der Waals surface area (Å²) in [6.45, 7) is 0.476. The zero-order chi connectivity index (χ0) is 20.1. The number of rotatable bonds is 2. The smallest absolute Gasteiger partial charge is 0.342 e. The summed E-state index contributed by atoms with van der Waals surface area (Å²) in [5.41, 5.74) is 11.7. The molecule has 2 aromatic rings. The SMILES string of the molecule is Nc1nc(-c2ccc3c(c2)CN(N2CCC(=O)NC2=O)C3=O)cc2c1CCCC2. The number of hydrogen-bond donors (Lipinski definition) is 2. The monoisotopic (exact) mass is 391 g/mol. The van der Waals surface area contributed by atoms with E-state index in [1.54, 1.807) is 6.07 Å². The molecule has 8 heteroatoms. The van der Waals surface area contributed by atoms with Crippen LogP contribution < -0.4 is 11.1 Å². The minimum absolute atomic E-state index is 0.176. The molecule has 4 amide bonds. The molecular formula is C21H21N5O3. The molecule has 0 saturated carbocycles. The van der Waals surface area contributed by atoms with Crippen LogP contribution >= 0.6 is 0 Å². The number of hydrogen-bond acceptors (Lipinski definition) is 5. The zero-order valence-electron chi connectivity index (χ0n) is 15.9. The summed E-state index contributed by atoms with van der Waals surface area (Å²) in [6.07, 6.45) is 4.46. The summed E-state index contributed by atoms with van der Waals surface area (Å²) < 4.78 is 0. The number of anilines is 1. The number of hydrazine groups is 1. The van der Waals surface area contributed by atoms with Crippen molar-refractivity contribution in [3.8, 4) is 11.3 Å². The molecule has 3 N–H and O–H groups in total. The van der Waals surface area contributed by atoms with Crippen molar-refractivity contribution in [1.29, 1.82) is 0 Å². The Morgan fingerprint density at radius 1 is 0.966 bits per heavy atom. The van der Waals surface area contributed by atoms with Crippen LogP contribution in [0.15, 0.2) is 24.3 Å². The first kappa shape index (κ1) is 17.7. The van der Waals surface area contributed by atoms with Crippen molar-refractivity contribution in [2.24, 2.45) is 0 Å². The fraction of sp³-hybridized carbons (Fsp3) is 0.333. The number of imide groups is 1. The van der Waals surface area contributed by atoms with Gasteiger partial charge >= 0.3 is 6.03 Å². The number of amides is 4. The molecule has 1 aromatic carbocycles. The maximum atomic E-state index is 12.8. The van der Waals surface area contributed by atoms with Crippen molar-refractivity contribution >= 4 is 23.7 Å². The van der Waals surface area contributed by atoms with E-state index in [1.807, 2.05) is 12.1 Å². The number of nitrogen functional groups attached to an aromatic ring is 1. The molecule has 0 bridgehead atoms. The number of carbonyl (C=O) groups is 3. The Morgan fingerprint density at radius 3 is 2.62 bits per heavy atom. The van der Waals surface area contributed by atoms with Crippen LogP contribution in [-0.4, -0.2) is 39.4 Å². The van der Waals surface area contributed by atoms with Gasteiger partial charge in [-0.1, -0.05) is 6.07 Å². The summed E-state index contributed by atoms with van der Waals surface area (Å²) in [5.74, 6) is 0.0211. The van der Waals surface area contributed by atoms with E-state index in [0.717, 1.165) is 48.1 Å². The number of fused-ring (bicyclic) bond motifs is 2. The third-order valence-corrected chi connectivity index (χ3v) is 5.88. The molecule has 0 unspecified atom stereocenters. The lowest BCUT2D eigenvalue weighted by Gasteiger charge is -2.33. The number of nitrogens with one attached hydrogen (secondary N) is 1. The number of carbonyl (C=O) groups excluding carboxylic acids is 3. The first-order valence-corrected chi connectivity index (χ1v) is 9.86. The minimum Gasteiger partial charge on any atom is -0.383 e. The van der Waals surface area contributed by atoms with Crippen LogP contribution in [0.5, 0.6) is 0 Å². The fourth-order valence-electron chi connectivity index (χ4n) is 4.37. The van der Waals surface area contributed by atoms with Gasteiger partial charge in [0.05, 0.1) is 18.8 Å². The number of benzene rings is 1. The maximum Gasteiger partial charge on any atom is 0.342 e. The molecule has 0 spiro atoms. The van der Waals surface area contributed by atoms with E-state index in [-0.39, 0.29) is 31.3 Å². The van der Waals surface area contributed by atoms with Crippen molar-refractivity contribution in [3.63, 3.8) is 0 Å². The average molecular weight is 391 g/mol. The molecule has 29 heavy (non-hydrogen) atoms. The highest BCUT2D eigenvalue weighted by molar-refractivity contribution is 6.02. The van der Waals surface area contributed by atoms with E-state index in [4.69, 9.17) is 5.73 Å². The quantitative estimate of drug-likeness (QED) is 0.814. The van der Waals surface area contributed by atoms with Gasteiger partial charge in [-0.25, -0.2) is 19.8 Å². The van der Waals surface area contributed by atoms with E-state index in [1.165, 1.54) is 15.6 Å². The molecule has 1 aliphatic carbocycles. The Bertz CT molecular complexity index is 1060. The second kappa shape index (κ2) is 6.58. The van der Waals surface area contributed by atoms with Crippen LogP contribution in [0, 0.1) is 0 Å². The number of nitrogens with two attached hydrogens (primary N) is 1. The second-order valence-electron chi connectivity index (χ2n) is 7.70. The van der Waals surface area contributed by atoms with Gasteiger partial charge in [-0.05, 0) is 60.6 Å². The van der Waals surface area contributed by atoms with Crippen molar-refractivity contribution < 1.29 is 14.4 Å². The molecule has 3 heterocycles. The van der Waals surface area contributed by atoms with Gasteiger partial charge in [0.1, 0.15) is 5.82 Å². The van der Waals surface area contributed by atoms with Crippen LogP contribution in [0.25, 0.3) is 11.3 Å². The zero-order valence-corrected chi connectivity index (χ0v) is 15.9. The molecule has 1 saturated heterocycles. The van der Waals surface area contributed by atoms with E-state index in [0.29, 0.717) is 11.4 Å². The number of aryl methyl sites for hydroxylation is 1. The third kappa shape index (κ3) is 2.91. The molecule has 0 radical (unpaired) electrons. The van der Waals surface area contributed by atoms with Gasteiger partial charge in [-0.15, -0.1) is 0 Å². The first-order valence-electron chi connectivity index (χ1n) is 9.86. The predicted octanol–water partition coefficient (Wildman–Crippen LogP) is 2.02. The first-order chi connectivity index (χ1) is 14.0. The van der Waals surface area contributed by atoms with Crippen molar-refractivity contribution in [3.05, 3.63) is 46.5 Å². The lowest BCUT2D eigenvalue weighted by atomic mass is 9.91. The summed E-state index contributed by atoms with van der Waals surface area (Å²) in [5, 5.41) is 4.95. The Balaban J connectivity index is 1.45. The second-order valence-corrected chi connectivity index (χ2v) is 7.70. The molecule has 1 aromatic heterocycles. The van der Waals surface area contributed by atoms with Crippen molar-refractivity contribution in [2.45, 2.75) is 38.6 Å². The highest BCUT2D eigenvalue weighted by Gasteiger charge is 2.37. The van der Waals surface area contributed by atoms with Crippen LogP contribution in [0.1, 0.15) is 46.3 Å². The van der Waals surface area contributed by atoms with Gasteiger partial charge in [-0.3, -0.25) is 14.9 Å². The Kier molecular flexibility index (Phi) is 4.01. The van der Waals surface area contributed by atoms with Gasteiger partial charge < -0.3 is 5.73 Å². The standard InChI is InChI=1S/C21H21N5O3/c22-19-15-4-2-1-3-12(15)10-17(23-19)13-5-6-16-14(9-13)11-26(20(16)28)25-8-7-18(27)24-21(25)29/h5-6,9-10H,1-4,7-8,11H2,(H2,22,23)(H,24,27,29). The Hall–Kier alpha value is -3.42. The average Bonchev–Trinajstić information content (AvgIpc) is 3.04. The maximum absolute atomic E-state index is 12.8. The number of urea groups is 1. The predicted molar refractivity (Wildman–Crippen MR) is 105 cm³/mol. The summed E-state index contributed by atoms with van der Waals surface area (Å²) in [7, 11) is 0. The van der Waals surface area contributed by atoms with Gasteiger partial charge in [0, 0.05) is 17.5 Å². The number of aromatic nitrogens is 1. The summed E-state index contributed by atoms with van der Waals surface area (Å²) in [4.78, 5) is 40.9. The largest absolute Gasteiger partial charge is 0.383 e. The van der Waals surface area contributed by atoms with Crippen LogP contribution in [0.3, 0.4) is 0 Å². The molecule has 148 valence electrons. The van der Waals surface area contributed by atoms with Gasteiger partial charge in [-0.2, -0.15) is 0 Å². The molecular weight excluding hydrogens is 370 g/mol. The van der Waals surface area contributed by atoms with E-state index < -0.39 is 6.03 Å². The highest BCUT2D eigenvalue weighted by atomic mass is 16.2. The summed E-state index contributed by atoms with van der Waals surface area (Å²) >= 11 is 0. The number of pyridine rings is 1. The Morgan fingerprint density at radius 2 is 1.79 bits per heavy atom. The topological polar surface area (TPSA) is 109 Å². The van der Waals surface area contributed by atoms with Gasteiger partial charge in [0.25, 0.3) is 5.91 Å². The highest BCUT2D eigenvalue weighted by Crippen LogP contribution is 2.33. The molecule has 3 aliphatic rings. The molecule has 1 fully saturated rings. The number of nitrogens with zero attached hydrogens (tertiary/aromatic N) is 3. The van der Waals surface area contributed by atoms with E-state index >= 15 is 0 Å². The van der Waals surface area contributed by atoms with E-state index in [9.17, 15) is 14.4 Å². The van der Waals surface area contributed by atoms with Gasteiger partial charge in [0.15, 0.2) is 0 Å². The van der Waals surface area contributed by atoms with Gasteiger partial charge in [0.2, 0.25) is 5.91 Å². The van der Waals surface area contributed by atoms with E-state index in [2.05, 4.69) is 16.4 Å². The van der Waals surface area contributed by atoms with Crippen LogP contribution in [-0.2, 0) is 24.2 Å². The van der Waals surface area contributed by atoms with Crippen molar-refractivity contribution in [1.82, 2.24) is 20.3 Å².